The molecular formula is C18H23N3O2. The zero-order chi connectivity index (χ0) is 16.5. The second-order valence-corrected chi connectivity index (χ2v) is 5.29. The standard InChI is InChI=1S/C18H23N3O2/c1-3-7-16(15-8-5-4-6-9-15)21-18(22)20-13-14-10-11-19-17(12-14)23-2/h4-6,8-12,16H,3,7,13H2,1-2H3,(H2,20,21,22)/t16-/m1/s1. The lowest BCUT2D eigenvalue weighted by Crippen LogP contribution is -2.37. The summed E-state index contributed by atoms with van der Waals surface area (Å²) in [5, 5.41) is 5.91. The maximum atomic E-state index is 12.2. The van der Waals surface area contributed by atoms with Gasteiger partial charge in [-0.3, -0.25) is 0 Å². The molecule has 0 bridgehead atoms. The number of aromatic nitrogens is 1. The number of urea groups is 1. The smallest absolute Gasteiger partial charge is 0.315 e. The first kappa shape index (κ1) is 16.8. The summed E-state index contributed by atoms with van der Waals surface area (Å²) < 4.78 is 5.08. The van der Waals surface area contributed by atoms with Crippen LogP contribution in [-0.2, 0) is 6.54 Å². The van der Waals surface area contributed by atoms with E-state index in [1.54, 1.807) is 19.4 Å². The summed E-state index contributed by atoms with van der Waals surface area (Å²) in [5.74, 6) is 0.540. The summed E-state index contributed by atoms with van der Waals surface area (Å²) in [6.07, 6.45) is 3.57. The van der Waals surface area contributed by atoms with Crippen LogP contribution >= 0.6 is 0 Å². The molecule has 2 N–H and O–H groups in total. The topological polar surface area (TPSA) is 63.2 Å². The van der Waals surface area contributed by atoms with E-state index >= 15 is 0 Å². The molecule has 0 aliphatic rings. The van der Waals surface area contributed by atoms with Gasteiger partial charge in [0.05, 0.1) is 13.2 Å². The van der Waals surface area contributed by atoms with Crippen molar-refractivity contribution in [3.05, 3.63) is 59.8 Å². The second kappa shape index (κ2) is 8.78. The van der Waals surface area contributed by atoms with Crippen molar-refractivity contribution in [3.63, 3.8) is 0 Å². The zero-order valence-electron chi connectivity index (χ0n) is 13.6. The normalized spacial score (nSPS) is 11.6. The van der Waals surface area contributed by atoms with Crippen molar-refractivity contribution in [1.82, 2.24) is 15.6 Å². The molecule has 0 aliphatic heterocycles. The molecular weight excluding hydrogens is 290 g/mol. The van der Waals surface area contributed by atoms with Crippen molar-refractivity contribution in [3.8, 4) is 5.88 Å². The highest BCUT2D eigenvalue weighted by molar-refractivity contribution is 5.74. The van der Waals surface area contributed by atoms with Crippen molar-refractivity contribution in [2.75, 3.05) is 7.11 Å². The van der Waals surface area contributed by atoms with Crippen LogP contribution in [0.1, 0.15) is 36.9 Å². The number of nitrogens with one attached hydrogen (secondary N) is 2. The van der Waals surface area contributed by atoms with Crippen LogP contribution in [0, 0.1) is 0 Å². The molecule has 0 unspecified atom stereocenters. The Labute approximate surface area is 137 Å². The van der Waals surface area contributed by atoms with Crippen LogP contribution in [0.3, 0.4) is 0 Å². The maximum absolute atomic E-state index is 12.2. The van der Waals surface area contributed by atoms with Gasteiger partial charge in [-0.05, 0) is 23.6 Å². The first-order valence-electron chi connectivity index (χ1n) is 7.81. The quantitative estimate of drug-likeness (QED) is 0.823. The highest BCUT2D eigenvalue weighted by atomic mass is 16.5. The summed E-state index contributed by atoms with van der Waals surface area (Å²) in [7, 11) is 1.57. The largest absolute Gasteiger partial charge is 0.481 e. The molecule has 122 valence electrons. The Hall–Kier alpha value is -2.56. The van der Waals surface area contributed by atoms with Gasteiger partial charge >= 0.3 is 6.03 Å². The average Bonchev–Trinajstić information content (AvgIpc) is 2.60. The van der Waals surface area contributed by atoms with E-state index < -0.39 is 0 Å². The van der Waals surface area contributed by atoms with Crippen molar-refractivity contribution < 1.29 is 9.53 Å². The first-order valence-corrected chi connectivity index (χ1v) is 7.81. The van der Waals surface area contributed by atoms with Gasteiger partial charge in [-0.25, -0.2) is 9.78 Å². The molecule has 1 atom stereocenters. The minimum Gasteiger partial charge on any atom is -0.481 e. The summed E-state index contributed by atoms with van der Waals surface area (Å²) in [5.41, 5.74) is 2.06. The molecule has 5 heteroatoms. The number of ether oxygens (including phenoxy) is 1. The molecule has 1 aromatic carbocycles. The van der Waals surface area contributed by atoms with Crippen molar-refractivity contribution >= 4 is 6.03 Å². The van der Waals surface area contributed by atoms with Crippen LogP contribution in [-0.4, -0.2) is 18.1 Å². The summed E-state index contributed by atoms with van der Waals surface area (Å²) in [4.78, 5) is 16.2. The van der Waals surface area contributed by atoms with Gasteiger partial charge in [0.2, 0.25) is 5.88 Å². The van der Waals surface area contributed by atoms with E-state index in [2.05, 4.69) is 22.5 Å². The Morgan fingerprint density at radius 1 is 1.26 bits per heavy atom. The van der Waals surface area contributed by atoms with E-state index in [9.17, 15) is 4.79 Å². The zero-order valence-corrected chi connectivity index (χ0v) is 13.6. The van der Waals surface area contributed by atoms with E-state index in [1.165, 1.54) is 0 Å². The third-order valence-corrected chi connectivity index (χ3v) is 3.55. The molecule has 0 saturated carbocycles. The fourth-order valence-electron chi connectivity index (χ4n) is 2.36. The number of carbonyl (C=O) groups excluding carboxylic acids is 1. The highest BCUT2D eigenvalue weighted by Gasteiger charge is 2.13. The lowest BCUT2D eigenvalue weighted by atomic mass is 10.0. The Morgan fingerprint density at radius 3 is 2.74 bits per heavy atom. The van der Waals surface area contributed by atoms with Crippen molar-refractivity contribution in [1.29, 1.82) is 0 Å². The molecule has 1 aromatic heterocycles. The number of rotatable bonds is 7. The molecule has 0 radical (unpaired) electrons. The fourth-order valence-corrected chi connectivity index (χ4v) is 2.36. The number of carbonyl (C=O) groups is 1. The van der Waals surface area contributed by atoms with Crippen LogP contribution in [0.25, 0.3) is 0 Å². The predicted molar refractivity (Wildman–Crippen MR) is 90.3 cm³/mol. The number of methoxy groups -OCH3 is 1. The Kier molecular flexibility index (Phi) is 6.41. The van der Waals surface area contributed by atoms with E-state index in [-0.39, 0.29) is 12.1 Å². The second-order valence-electron chi connectivity index (χ2n) is 5.29. The van der Waals surface area contributed by atoms with Gasteiger partial charge in [0.1, 0.15) is 0 Å². The summed E-state index contributed by atoms with van der Waals surface area (Å²) in [6, 6.07) is 13.5. The van der Waals surface area contributed by atoms with Gasteiger partial charge in [-0.1, -0.05) is 43.7 Å². The number of nitrogens with zero attached hydrogens (tertiary/aromatic N) is 1. The van der Waals surface area contributed by atoms with Crippen molar-refractivity contribution in [2.24, 2.45) is 0 Å². The van der Waals surface area contributed by atoms with E-state index in [0.717, 1.165) is 24.0 Å². The van der Waals surface area contributed by atoms with Gasteiger partial charge in [0.25, 0.3) is 0 Å². The molecule has 0 aliphatic carbocycles. The number of hydrogen-bond acceptors (Lipinski definition) is 3. The summed E-state index contributed by atoms with van der Waals surface area (Å²) >= 11 is 0. The molecule has 0 saturated heterocycles. The van der Waals surface area contributed by atoms with Crippen molar-refractivity contribution in [2.45, 2.75) is 32.4 Å². The Morgan fingerprint density at radius 2 is 2.04 bits per heavy atom. The third kappa shape index (κ3) is 5.29. The third-order valence-electron chi connectivity index (χ3n) is 3.55. The van der Waals surface area contributed by atoms with E-state index in [0.29, 0.717) is 12.4 Å². The fraction of sp³-hybridized carbons (Fsp3) is 0.333. The minimum absolute atomic E-state index is 0.0215. The van der Waals surface area contributed by atoms with E-state index in [1.807, 2.05) is 36.4 Å². The lowest BCUT2D eigenvalue weighted by molar-refractivity contribution is 0.236. The molecule has 1 heterocycles. The Bertz CT molecular complexity index is 617. The predicted octanol–water partition coefficient (Wildman–Crippen LogP) is 3.43. The highest BCUT2D eigenvalue weighted by Crippen LogP contribution is 2.17. The van der Waals surface area contributed by atoms with Gasteiger partial charge in [-0.15, -0.1) is 0 Å². The Balaban J connectivity index is 1.91. The first-order chi connectivity index (χ1) is 11.2. The van der Waals surface area contributed by atoms with Crippen LogP contribution in [0.15, 0.2) is 48.7 Å². The summed E-state index contributed by atoms with van der Waals surface area (Å²) in [6.45, 7) is 2.54. The average molecular weight is 313 g/mol. The minimum atomic E-state index is -0.178. The number of pyridine rings is 1. The molecule has 2 rings (SSSR count). The van der Waals surface area contributed by atoms with Gasteiger partial charge in [0, 0.05) is 18.8 Å². The molecule has 2 amide bonds. The van der Waals surface area contributed by atoms with Crippen LogP contribution in [0.2, 0.25) is 0 Å². The number of benzene rings is 1. The van der Waals surface area contributed by atoms with Crippen LogP contribution in [0.5, 0.6) is 5.88 Å². The maximum Gasteiger partial charge on any atom is 0.315 e. The lowest BCUT2D eigenvalue weighted by Gasteiger charge is -2.19. The van der Waals surface area contributed by atoms with Gasteiger partial charge in [-0.2, -0.15) is 0 Å². The van der Waals surface area contributed by atoms with E-state index in [4.69, 9.17) is 4.74 Å². The molecule has 0 spiro atoms. The number of amides is 2. The number of hydrogen-bond donors (Lipinski definition) is 2. The van der Waals surface area contributed by atoms with Gasteiger partial charge in [0.15, 0.2) is 0 Å². The van der Waals surface area contributed by atoms with Crippen LogP contribution in [0.4, 0.5) is 4.79 Å². The molecule has 2 aromatic rings. The molecule has 5 nitrogen and oxygen atoms in total. The van der Waals surface area contributed by atoms with Crippen LogP contribution < -0.4 is 15.4 Å². The van der Waals surface area contributed by atoms with Gasteiger partial charge < -0.3 is 15.4 Å². The molecule has 23 heavy (non-hydrogen) atoms. The molecule has 0 fully saturated rings. The monoisotopic (exact) mass is 313 g/mol. The SMILES string of the molecule is CCC[C@@H](NC(=O)NCc1ccnc(OC)c1)c1ccccc1.